The van der Waals surface area contributed by atoms with Crippen molar-refractivity contribution in [1.82, 2.24) is 4.98 Å². The van der Waals surface area contributed by atoms with Gasteiger partial charge in [0.25, 0.3) is 0 Å². The van der Waals surface area contributed by atoms with Crippen LogP contribution in [0.15, 0.2) is 66.9 Å². The first-order valence-corrected chi connectivity index (χ1v) is 11.5. The van der Waals surface area contributed by atoms with Crippen molar-refractivity contribution in [1.29, 1.82) is 0 Å². The third kappa shape index (κ3) is 5.30. The molecule has 0 spiro atoms. The highest BCUT2D eigenvalue weighted by molar-refractivity contribution is 7.19. The molecule has 0 saturated carbocycles. The SMILES string of the molecule is CC(C)C(C(=O)OCc1[nH]ccc1Cc1ccccc1)c1cc2cc(C(F)(F)F)ccc2s1. The molecular weight excluding hydrogens is 447 g/mol. The van der Waals surface area contributed by atoms with Crippen molar-refractivity contribution in [3.63, 3.8) is 0 Å². The van der Waals surface area contributed by atoms with Gasteiger partial charge in [-0.2, -0.15) is 13.2 Å². The molecule has 33 heavy (non-hydrogen) atoms. The molecule has 4 rings (SSSR count). The minimum atomic E-state index is -4.40. The third-order valence-corrected chi connectivity index (χ3v) is 6.81. The van der Waals surface area contributed by atoms with Crippen molar-refractivity contribution >= 4 is 27.4 Å². The maximum Gasteiger partial charge on any atom is 0.416 e. The van der Waals surface area contributed by atoms with Gasteiger partial charge in [-0.05, 0) is 59.2 Å². The Bertz CT molecular complexity index is 1240. The van der Waals surface area contributed by atoms with E-state index in [0.29, 0.717) is 15.0 Å². The number of ether oxygens (including phenoxy) is 1. The number of fused-ring (bicyclic) bond motifs is 1. The molecule has 1 unspecified atom stereocenters. The van der Waals surface area contributed by atoms with Gasteiger partial charge in [0.15, 0.2) is 0 Å². The van der Waals surface area contributed by atoms with Crippen LogP contribution in [0.25, 0.3) is 10.1 Å². The molecule has 3 nitrogen and oxygen atoms in total. The Morgan fingerprint density at radius 1 is 1.06 bits per heavy atom. The summed E-state index contributed by atoms with van der Waals surface area (Å²) in [7, 11) is 0. The van der Waals surface area contributed by atoms with Gasteiger partial charge in [-0.3, -0.25) is 4.79 Å². The molecule has 0 aliphatic rings. The van der Waals surface area contributed by atoms with E-state index in [9.17, 15) is 18.0 Å². The maximum absolute atomic E-state index is 13.1. The van der Waals surface area contributed by atoms with Gasteiger partial charge in [-0.1, -0.05) is 44.2 Å². The topological polar surface area (TPSA) is 42.1 Å². The molecule has 0 saturated heterocycles. The summed E-state index contributed by atoms with van der Waals surface area (Å²) in [4.78, 5) is 16.9. The molecule has 1 N–H and O–H groups in total. The molecule has 0 amide bonds. The first-order valence-electron chi connectivity index (χ1n) is 10.7. The molecule has 7 heteroatoms. The van der Waals surface area contributed by atoms with Gasteiger partial charge in [-0.25, -0.2) is 0 Å². The molecule has 2 aromatic carbocycles. The van der Waals surface area contributed by atoms with Crippen LogP contribution in [-0.2, 0) is 28.7 Å². The molecule has 172 valence electrons. The number of halogens is 3. The van der Waals surface area contributed by atoms with Crippen LogP contribution in [0.3, 0.4) is 0 Å². The maximum atomic E-state index is 13.1. The van der Waals surface area contributed by atoms with Crippen LogP contribution in [0.5, 0.6) is 0 Å². The van der Waals surface area contributed by atoms with Gasteiger partial charge in [0.1, 0.15) is 6.61 Å². The number of benzene rings is 2. The molecule has 0 bridgehead atoms. The summed E-state index contributed by atoms with van der Waals surface area (Å²) < 4.78 is 45.6. The fourth-order valence-corrected chi connectivity index (χ4v) is 5.20. The number of thiophene rings is 1. The average molecular weight is 472 g/mol. The zero-order valence-corrected chi connectivity index (χ0v) is 19.1. The van der Waals surface area contributed by atoms with E-state index in [2.05, 4.69) is 4.98 Å². The summed E-state index contributed by atoms with van der Waals surface area (Å²) in [5.74, 6) is -1.00. The van der Waals surface area contributed by atoms with E-state index >= 15 is 0 Å². The molecule has 4 aromatic rings. The third-order valence-electron chi connectivity index (χ3n) is 5.62. The Kier molecular flexibility index (Phi) is 6.61. The van der Waals surface area contributed by atoms with Crippen molar-refractivity contribution in [2.24, 2.45) is 5.92 Å². The zero-order chi connectivity index (χ0) is 23.6. The van der Waals surface area contributed by atoms with E-state index in [1.54, 1.807) is 6.07 Å². The lowest BCUT2D eigenvalue weighted by Gasteiger charge is -2.18. The van der Waals surface area contributed by atoms with E-state index in [4.69, 9.17) is 4.74 Å². The quantitative estimate of drug-likeness (QED) is 0.287. The second-order valence-corrected chi connectivity index (χ2v) is 9.49. The number of carbonyl (C=O) groups is 1. The number of alkyl halides is 3. The molecule has 2 heterocycles. The monoisotopic (exact) mass is 471 g/mol. The van der Waals surface area contributed by atoms with Crippen LogP contribution in [0.4, 0.5) is 13.2 Å². The number of hydrogen-bond acceptors (Lipinski definition) is 3. The molecule has 0 radical (unpaired) electrons. The van der Waals surface area contributed by atoms with Crippen molar-refractivity contribution in [2.75, 3.05) is 0 Å². The van der Waals surface area contributed by atoms with Crippen LogP contribution in [0.2, 0.25) is 0 Å². The summed E-state index contributed by atoms with van der Waals surface area (Å²) in [5, 5.41) is 0.484. The van der Waals surface area contributed by atoms with Crippen molar-refractivity contribution in [3.8, 4) is 0 Å². The Morgan fingerprint density at radius 2 is 1.82 bits per heavy atom. The summed E-state index contributed by atoms with van der Waals surface area (Å²) in [5.41, 5.74) is 2.35. The highest BCUT2D eigenvalue weighted by Gasteiger charge is 2.32. The summed E-state index contributed by atoms with van der Waals surface area (Å²) in [6.45, 7) is 3.93. The van der Waals surface area contributed by atoms with E-state index in [1.165, 1.54) is 17.4 Å². The largest absolute Gasteiger partial charge is 0.459 e. The van der Waals surface area contributed by atoms with Crippen LogP contribution >= 0.6 is 11.3 Å². The Morgan fingerprint density at radius 3 is 2.52 bits per heavy atom. The number of aromatic nitrogens is 1. The Balaban J connectivity index is 1.50. The Labute approximate surface area is 194 Å². The van der Waals surface area contributed by atoms with Crippen molar-refractivity contribution < 1.29 is 22.7 Å². The van der Waals surface area contributed by atoms with Crippen LogP contribution < -0.4 is 0 Å². The summed E-state index contributed by atoms with van der Waals surface area (Å²) in [6, 6.07) is 17.3. The highest BCUT2D eigenvalue weighted by Crippen LogP contribution is 2.38. The van der Waals surface area contributed by atoms with Crippen molar-refractivity contribution in [2.45, 2.75) is 39.0 Å². The number of esters is 1. The van der Waals surface area contributed by atoms with E-state index in [-0.39, 0.29) is 18.5 Å². The standard InChI is InChI=1S/C26H24F3NO2S/c1-16(2)24(23-14-19-13-20(26(27,28)29)8-9-22(19)33-23)25(31)32-15-21-18(10-11-30-21)12-17-6-4-3-5-7-17/h3-11,13-14,16,24,30H,12,15H2,1-2H3. The zero-order valence-electron chi connectivity index (χ0n) is 18.3. The number of aromatic amines is 1. The summed E-state index contributed by atoms with van der Waals surface area (Å²) in [6.07, 6.45) is -1.85. The summed E-state index contributed by atoms with van der Waals surface area (Å²) >= 11 is 1.33. The molecule has 0 aliphatic carbocycles. The van der Waals surface area contributed by atoms with Crippen LogP contribution in [0, 0.1) is 5.92 Å². The van der Waals surface area contributed by atoms with Gasteiger partial charge in [0.2, 0.25) is 0 Å². The number of carbonyl (C=O) groups excluding carboxylic acids is 1. The fraction of sp³-hybridized carbons (Fsp3) is 0.269. The van der Waals surface area contributed by atoms with Gasteiger partial charge in [0, 0.05) is 15.8 Å². The Hall–Kier alpha value is -3.06. The highest BCUT2D eigenvalue weighted by atomic mass is 32.1. The normalized spacial score (nSPS) is 12.9. The first kappa shape index (κ1) is 23.1. The predicted octanol–water partition coefficient (Wildman–Crippen LogP) is 7.32. The van der Waals surface area contributed by atoms with Crippen LogP contribution in [-0.4, -0.2) is 11.0 Å². The molecular formula is C26H24F3NO2S. The number of nitrogens with one attached hydrogen (secondary N) is 1. The lowest BCUT2D eigenvalue weighted by molar-refractivity contribution is -0.148. The van der Waals surface area contributed by atoms with E-state index in [1.807, 2.05) is 56.4 Å². The van der Waals surface area contributed by atoms with Crippen molar-refractivity contribution in [3.05, 3.63) is 94.1 Å². The fourth-order valence-electron chi connectivity index (χ4n) is 3.90. The number of hydrogen-bond donors (Lipinski definition) is 1. The van der Waals surface area contributed by atoms with Gasteiger partial charge in [0.05, 0.1) is 17.2 Å². The minimum Gasteiger partial charge on any atom is -0.459 e. The first-order chi connectivity index (χ1) is 15.7. The average Bonchev–Trinajstić information content (AvgIpc) is 3.38. The van der Waals surface area contributed by atoms with Gasteiger partial charge < -0.3 is 9.72 Å². The number of H-pyrrole nitrogens is 1. The minimum absolute atomic E-state index is 0.0694. The predicted molar refractivity (Wildman–Crippen MR) is 124 cm³/mol. The van der Waals surface area contributed by atoms with Crippen LogP contribution in [0.1, 0.15) is 47.0 Å². The molecule has 2 aromatic heterocycles. The smallest absolute Gasteiger partial charge is 0.416 e. The molecule has 0 fully saturated rings. The molecule has 0 aliphatic heterocycles. The van der Waals surface area contributed by atoms with Gasteiger partial charge >= 0.3 is 12.1 Å². The lowest BCUT2D eigenvalue weighted by atomic mass is 9.94. The lowest BCUT2D eigenvalue weighted by Crippen LogP contribution is -2.20. The number of rotatable bonds is 7. The molecule has 1 atom stereocenters. The second-order valence-electron chi connectivity index (χ2n) is 8.37. The van der Waals surface area contributed by atoms with Gasteiger partial charge in [-0.15, -0.1) is 11.3 Å². The van der Waals surface area contributed by atoms with E-state index < -0.39 is 17.7 Å². The van der Waals surface area contributed by atoms with E-state index in [0.717, 1.165) is 35.4 Å². The second kappa shape index (κ2) is 9.43.